The van der Waals surface area contributed by atoms with Gasteiger partial charge in [-0.3, -0.25) is 9.59 Å². The molecule has 0 aliphatic rings. The molecule has 1 atom stereocenters. The Bertz CT molecular complexity index is 2020. The molecule has 0 aromatic rings. The number of allylic oxidation sites excluding steroid dienone is 34. The van der Waals surface area contributed by atoms with Crippen molar-refractivity contribution in [1.82, 2.24) is 0 Å². The van der Waals surface area contributed by atoms with Crippen LogP contribution in [0.4, 0.5) is 0 Å². The lowest BCUT2D eigenvalue weighted by atomic mass is 10.0. The van der Waals surface area contributed by atoms with E-state index in [1.165, 1.54) is 83.5 Å². The normalized spacial score (nSPS) is 13.6. The van der Waals surface area contributed by atoms with Crippen LogP contribution in [0.2, 0.25) is 0 Å². The zero-order valence-electron chi connectivity index (χ0n) is 55.0. The molecule has 0 aromatic carbocycles. The lowest BCUT2D eigenvalue weighted by molar-refractivity contribution is -0.161. The Morgan fingerprint density at radius 1 is 0.267 bits per heavy atom. The predicted octanol–water partition coefficient (Wildman–Crippen LogP) is 24.5. The van der Waals surface area contributed by atoms with Crippen molar-refractivity contribution >= 4 is 11.9 Å². The van der Waals surface area contributed by atoms with Crippen molar-refractivity contribution in [3.8, 4) is 0 Å². The van der Waals surface area contributed by atoms with Crippen molar-refractivity contribution in [3.05, 3.63) is 207 Å². The average molecular weight is 1180 g/mol. The molecule has 480 valence electrons. The Morgan fingerprint density at radius 3 is 0.698 bits per heavy atom. The zero-order chi connectivity index (χ0) is 61.9. The third kappa shape index (κ3) is 71.0. The van der Waals surface area contributed by atoms with Crippen LogP contribution in [0.15, 0.2) is 207 Å². The molecule has 0 aromatic heterocycles. The van der Waals surface area contributed by atoms with Crippen molar-refractivity contribution in [2.45, 2.75) is 277 Å². The summed E-state index contributed by atoms with van der Waals surface area (Å²) >= 11 is 0. The second-order valence-electron chi connectivity index (χ2n) is 22.1. The fourth-order valence-corrected chi connectivity index (χ4v) is 8.98. The van der Waals surface area contributed by atoms with E-state index in [1.807, 2.05) is 0 Å². The first kappa shape index (κ1) is 80.5. The Balaban J connectivity index is 3.63. The van der Waals surface area contributed by atoms with Gasteiger partial charge in [0, 0.05) is 12.8 Å². The highest BCUT2D eigenvalue weighted by atomic mass is 16.6. The van der Waals surface area contributed by atoms with Crippen LogP contribution in [0.1, 0.15) is 271 Å². The maximum absolute atomic E-state index is 12.4. The molecule has 0 amide bonds. The maximum Gasteiger partial charge on any atom is 0.306 e. The largest absolute Gasteiger partial charge is 0.462 e. The van der Waals surface area contributed by atoms with Gasteiger partial charge in [-0.15, -0.1) is 0 Å². The molecule has 0 aliphatic heterocycles. The van der Waals surface area contributed by atoms with E-state index in [0.29, 0.717) is 12.8 Å². The number of esters is 2. The van der Waals surface area contributed by atoms with Crippen LogP contribution in [0.3, 0.4) is 0 Å². The minimum atomic E-state index is -0.802. The average Bonchev–Trinajstić information content (AvgIpc) is 3.54. The first-order valence-electron chi connectivity index (χ1n) is 34.6. The van der Waals surface area contributed by atoms with Gasteiger partial charge < -0.3 is 14.6 Å². The number of carbonyl (C=O) groups is 2. The fourth-order valence-electron chi connectivity index (χ4n) is 8.98. The molecule has 0 saturated heterocycles. The Kier molecular flexibility index (Phi) is 69.0. The van der Waals surface area contributed by atoms with E-state index in [9.17, 15) is 14.7 Å². The highest BCUT2D eigenvalue weighted by Crippen LogP contribution is 2.15. The fraction of sp³-hybridized carbons (Fsp3) is 0.556. The number of ether oxygens (including phenoxy) is 2. The molecule has 86 heavy (non-hydrogen) atoms. The quantitative estimate of drug-likeness (QED) is 0.0373. The minimum absolute atomic E-state index is 0.0882. The first-order chi connectivity index (χ1) is 42.6. The van der Waals surface area contributed by atoms with Crippen molar-refractivity contribution in [2.24, 2.45) is 0 Å². The maximum atomic E-state index is 12.4. The third-order valence-corrected chi connectivity index (χ3v) is 14.1. The molecule has 0 aliphatic carbocycles. The van der Waals surface area contributed by atoms with E-state index in [-0.39, 0.29) is 25.2 Å². The van der Waals surface area contributed by atoms with Crippen LogP contribution in [0, 0.1) is 0 Å². The number of rotatable bonds is 61. The van der Waals surface area contributed by atoms with E-state index >= 15 is 0 Å². The highest BCUT2D eigenvalue weighted by molar-refractivity contribution is 5.70. The van der Waals surface area contributed by atoms with E-state index in [2.05, 4.69) is 220 Å². The van der Waals surface area contributed by atoms with E-state index in [4.69, 9.17) is 9.47 Å². The van der Waals surface area contributed by atoms with Gasteiger partial charge in [-0.1, -0.05) is 317 Å². The molecular weight excluding hydrogens is 1050 g/mol. The lowest BCUT2D eigenvalue weighted by Crippen LogP contribution is -2.28. The van der Waals surface area contributed by atoms with Crippen molar-refractivity contribution in [2.75, 3.05) is 13.2 Å². The molecule has 0 fully saturated rings. The molecule has 5 nitrogen and oxygen atoms in total. The standard InChI is InChI=1S/C81H126O5/c1-3-5-7-9-11-13-15-17-19-21-23-25-27-29-31-33-35-36-37-38-39-40-41-42-43-44-46-48-50-52-54-56-58-60-62-64-66-68-70-72-74-76-81(84)86-79(77-82)78-85-80(83)75-73-71-69-67-65-63-61-59-57-55-53-51-49-47-45-34-32-30-28-26-24-22-20-18-16-14-12-10-8-6-4-2/h5-8,11-14,17-20,23-26,29-32,35-36,38-39,41-42,44,46,50,52,56,58,62,64,79,82H,3-4,9-10,15-16,21-22,27-28,33-34,37,40,43,45,47-49,51,53-55,57,59-61,63,65-78H2,1-2H3/b7-5-,8-6-,13-11-,14-12-,19-17-,20-18-,25-23-,26-24-,31-29-,32-30-,36-35-,39-38-,42-41-,46-44-,52-50-,58-56-,64-62-. The van der Waals surface area contributed by atoms with Crippen LogP contribution in [-0.2, 0) is 19.1 Å². The first-order valence-corrected chi connectivity index (χ1v) is 34.6. The summed E-state index contributed by atoms with van der Waals surface area (Å²) in [6.45, 7) is 3.89. The Morgan fingerprint density at radius 2 is 0.465 bits per heavy atom. The van der Waals surface area contributed by atoms with Gasteiger partial charge in [0.15, 0.2) is 6.10 Å². The number of aliphatic hydroxyl groups is 1. The molecule has 0 rings (SSSR count). The monoisotopic (exact) mass is 1180 g/mol. The molecular formula is C81H126O5. The van der Waals surface area contributed by atoms with Crippen molar-refractivity contribution < 1.29 is 24.2 Å². The molecule has 1 N–H and O–H groups in total. The van der Waals surface area contributed by atoms with Gasteiger partial charge in [0.1, 0.15) is 6.61 Å². The molecule has 0 heterocycles. The molecule has 0 bridgehead atoms. The van der Waals surface area contributed by atoms with Gasteiger partial charge in [0.25, 0.3) is 0 Å². The van der Waals surface area contributed by atoms with Crippen molar-refractivity contribution in [1.29, 1.82) is 0 Å². The molecule has 5 heteroatoms. The van der Waals surface area contributed by atoms with Crippen LogP contribution in [0.25, 0.3) is 0 Å². The van der Waals surface area contributed by atoms with Gasteiger partial charge in [-0.25, -0.2) is 0 Å². The molecule has 0 saturated carbocycles. The van der Waals surface area contributed by atoms with Crippen molar-refractivity contribution in [3.63, 3.8) is 0 Å². The molecule has 1 unspecified atom stereocenters. The van der Waals surface area contributed by atoms with Gasteiger partial charge in [-0.05, 0) is 148 Å². The third-order valence-electron chi connectivity index (χ3n) is 14.1. The van der Waals surface area contributed by atoms with E-state index in [1.54, 1.807) is 0 Å². The van der Waals surface area contributed by atoms with Gasteiger partial charge in [-0.2, -0.15) is 0 Å². The summed E-state index contributed by atoms with van der Waals surface area (Å²) < 4.78 is 10.7. The summed E-state index contributed by atoms with van der Waals surface area (Å²) in [5.74, 6) is -0.630. The van der Waals surface area contributed by atoms with E-state index < -0.39 is 6.10 Å². The van der Waals surface area contributed by atoms with Crippen LogP contribution >= 0.6 is 0 Å². The highest BCUT2D eigenvalue weighted by Gasteiger charge is 2.16. The second-order valence-corrected chi connectivity index (χ2v) is 22.1. The SMILES string of the molecule is CC/C=C\C/C=C\C/C=C\C/C=C\C/C=C\C/C=C\C/C=C\C/C=C\C/C=C\C/C=C\C/C=C\C/C=C\CCCCCCC(=O)OC(CO)COC(=O)CCCCCCCCCCCCCCCCC/C=C\C/C=C\C/C=C\C/C=C\C/C=C\CC. The Hall–Kier alpha value is -5.52. The molecule has 0 radical (unpaired) electrons. The smallest absolute Gasteiger partial charge is 0.306 e. The van der Waals surface area contributed by atoms with Gasteiger partial charge >= 0.3 is 11.9 Å². The summed E-state index contributed by atoms with van der Waals surface area (Å²) in [5, 5.41) is 9.70. The summed E-state index contributed by atoms with van der Waals surface area (Å²) in [6, 6.07) is 0. The van der Waals surface area contributed by atoms with Crippen LogP contribution in [-0.4, -0.2) is 36.4 Å². The van der Waals surface area contributed by atoms with Gasteiger partial charge in [0.05, 0.1) is 6.61 Å². The minimum Gasteiger partial charge on any atom is -0.462 e. The van der Waals surface area contributed by atoms with Gasteiger partial charge in [0.2, 0.25) is 0 Å². The summed E-state index contributed by atoms with van der Waals surface area (Å²) in [6.07, 6.45) is 118. The molecule has 0 spiro atoms. The van der Waals surface area contributed by atoms with Crippen LogP contribution in [0.5, 0.6) is 0 Å². The Labute approximate surface area is 530 Å². The number of hydrogen-bond donors (Lipinski definition) is 1. The zero-order valence-corrected chi connectivity index (χ0v) is 55.0. The lowest BCUT2D eigenvalue weighted by Gasteiger charge is -2.15. The van der Waals surface area contributed by atoms with E-state index in [0.717, 1.165) is 161 Å². The summed E-state index contributed by atoms with van der Waals surface area (Å²) in [4.78, 5) is 24.6. The number of hydrogen-bond acceptors (Lipinski definition) is 5. The number of carbonyl (C=O) groups excluding carboxylic acids is 2. The second kappa shape index (κ2) is 73.7. The number of unbranched alkanes of at least 4 members (excludes halogenated alkanes) is 19. The number of aliphatic hydroxyl groups excluding tert-OH is 1. The topological polar surface area (TPSA) is 72.8 Å². The summed E-state index contributed by atoms with van der Waals surface area (Å²) in [5.41, 5.74) is 0. The predicted molar refractivity (Wildman–Crippen MR) is 379 cm³/mol. The van der Waals surface area contributed by atoms with Crippen LogP contribution < -0.4 is 0 Å². The summed E-state index contributed by atoms with van der Waals surface area (Å²) in [7, 11) is 0.